The van der Waals surface area contributed by atoms with Gasteiger partial charge in [-0.15, -0.1) is 0 Å². The largest absolute Gasteiger partial charge is 0.512 e. The zero-order valence-electron chi connectivity index (χ0n) is 19.1. The van der Waals surface area contributed by atoms with Gasteiger partial charge in [0.05, 0.1) is 24.2 Å². The summed E-state index contributed by atoms with van der Waals surface area (Å²) in [6, 6.07) is 0. The Balaban J connectivity index is -0.0000000950. The van der Waals surface area contributed by atoms with Crippen LogP contribution in [0.25, 0.3) is 0 Å². The van der Waals surface area contributed by atoms with E-state index in [9.17, 15) is 9.59 Å². The fraction of sp³-hybridized carbons (Fsp3) is 0.700. The van der Waals surface area contributed by atoms with Crippen molar-refractivity contribution in [3.63, 3.8) is 0 Å². The molecule has 0 rings (SSSR count). The fourth-order valence-corrected chi connectivity index (χ4v) is 0.892. The maximum atomic E-state index is 10.7. The van der Waals surface area contributed by atoms with E-state index in [1.165, 1.54) is 13.8 Å². The van der Waals surface area contributed by atoms with E-state index in [1.807, 2.05) is 13.8 Å². The molecule has 0 aromatic carbocycles. The van der Waals surface area contributed by atoms with Crippen LogP contribution in [-0.4, -0.2) is 64.2 Å². The minimum atomic E-state index is -0.484. The molecule has 0 aliphatic rings. The molecule has 0 unspecified atom stereocenters. The number of carbonyl (C=O) groups excluding carboxylic acids is 2. The summed E-state index contributed by atoms with van der Waals surface area (Å²) < 4.78 is 9.42. The number of ketones is 1. The molecular weight excluding hydrogens is 416 g/mol. The van der Waals surface area contributed by atoms with Crippen LogP contribution in [0.2, 0.25) is 0 Å². The summed E-state index contributed by atoms with van der Waals surface area (Å²) >= 11 is 0. The summed E-state index contributed by atoms with van der Waals surface area (Å²) in [6.45, 7) is 14.4. The van der Waals surface area contributed by atoms with Crippen molar-refractivity contribution in [1.82, 2.24) is 0 Å². The summed E-state index contributed by atoms with van der Waals surface area (Å²) in [7, 11) is 0. The van der Waals surface area contributed by atoms with Gasteiger partial charge in [0.25, 0.3) is 0 Å². The molecule has 0 atom stereocenters. The van der Waals surface area contributed by atoms with E-state index >= 15 is 0 Å². The summed E-state index contributed by atoms with van der Waals surface area (Å²) in [4.78, 5) is 21.2. The average Bonchev–Trinajstić information content (AvgIpc) is 2.49. The second kappa shape index (κ2) is 29.0. The van der Waals surface area contributed by atoms with Crippen LogP contribution >= 0.6 is 0 Å². The maximum Gasteiger partial charge on any atom is 0.334 e. The summed E-state index contributed by atoms with van der Waals surface area (Å²) in [5.41, 5.74) is 0. The van der Waals surface area contributed by atoms with Gasteiger partial charge < -0.3 is 29.9 Å². The van der Waals surface area contributed by atoms with E-state index in [0.717, 1.165) is 18.6 Å². The Bertz CT molecular complexity index is 379. The van der Waals surface area contributed by atoms with Crippen LogP contribution in [0, 0.1) is 0 Å². The molecule has 0 saturated carbocycles. The van der Waals surface area contributed by atoms with E-state index in [4.69, 9.17) is 25.2 Å². The first-order valence-electron chi connectivity index (χ1n) is 9.17. The zero-order valence-corrected chi connectivity index (χ0v) is 20.6. The zero-order chi connectivity index (χ0) is 23.1. The van der Waals surface area contributed by atoms with Gasteiger partial charge in [-0.2, -0.15) is 0 Å². The van der Waals surface area contributed by atoms with Crippen molar-refractivity contribution in [2.75, 3.05) is 19.8 Å². The number of rotatable bonds is 7. The molecule has 29 heavy (non-hydrogen) atoms. The monoisotopic (exact) mass is 456 g/mol. The molecule has 0 spiro atoms. The third kappa shape index (κ3) is 75.2. The number of hydrogen-bond donors (Lipinski definition) is 4. The number of aliphatic hydroxyl groups is 4. The van der Waals surface area contributed by atoms with Crippen LogP contribution in [-0.2, 0) is 40.8 Å². The molecule has 0 radical (unpaired) electrons. The molecule has 0 aromatic rings. The van der Waals surface area contributed by atoms with Crippen LogP contribution in [0.5, 0.6) is 0 Å². The second-order valence-corrected chi connectivity index (χ2v) is 6.03. The predicted molar refractivity (Wildman–Crippen MR) is 110 cm³/mol. The third-order valence-electron chi connectivity index (χ3n) is 1.59. The van der Waals surface area contributed by atoms with Crippen molar-refractivity contribution in [1.29, 1.82) is 0 Å². The molecule has 0 fully saturated rings. The van der Waals surface area contributed by atoms with E-state index in [0.29, 0.717) is 13.2 Å². The third-order valence-corrected chi connectivity index (χ3v) is 1.59. The van der Waals surface area contributed by atoms with Crippen molar-refractivity contribution in [2.45, 2.75) is 74.0 Å². The molecule has 0 bridgehead atoms. The Kier molecular flexibility index (Phi) is 38.4. The van der Waals surface area contributed by atoms with Gasteiger partial charge in [-0.25, -0.2) is 4.79 Å². The normalized spacial score (nSPS) is 10.3. The number of esters is 1. The standard InChI is InChI=1S/2C7H12O3.2C3H8O.Ti/c1-3-10-5-7(9)4-6(2)8;1-3-4-10-7(9)5-6(2)8;2*1-3(2)4;/h4,8H,3,5H2,1-2H3;5,8H,3-4H2,1-2H3;2*3-4H,1-2H3;/b6-4-;6-5-;;;. The van der Waals surface area contributed by atoms with Crippen molar-refractivity contribution in [3.05, 3.63) is 23.7 Å². The maximum absolute atomic E-state index is 10.7. The Hall–Kier alpha value is -1.19. The quantitative estimate of drug-likeness (QED) is 0.199. The van der Waals surface area contributed by atoms with Crippen LogP contribution < -0.4 is 0 Å². The van der Waals surface area contributed by atoms with Crippen LogP contribution in [0.1, 0.15) is 61.8 Å². The number of ether oxygens (including phenoxy) is 2. The minimum absolute atomic E-state index is 0. The molecule has 0 aromatic heterocycles. The van der Waals surface area contributed by atoms with Crippen molar-refractivity contribution in [3.8, 4) is 0 Å². The van der Waals surface area contributed by atoms with Gasteiger partial charge in [0.1, 0.15) is 6.61 Å². The van der Waals surface area contributed by atoms with Crippen molar-refractivity contribution < 1.29 is 61.2 Å². The van der Waals surface area contributed by atoms with Gasteiger partial charge >= 0.3 is 5.97 Å². The molecule has 172 valence electrons. The first kappa shape index (κ1) is 38.4. The molecule has 0 amide bonds. The second-order valence-electron chi connectivity index (χ2n) is 6.03. The fourth-order valence-electron chi connectivity index (χ4n) is 0.892. The van der Waals surface area contributed by atoms with E-state index in [2.05, 4.69) is 4.74 Å². The van der Waals surface area contributed by atoms with Crippen LogP contribution in [0.3, 0.4) is 0 Å². The molecule has 4 N–H and O–H groups in total. The average molecular weight is 456 g/mol. The van der Waals surface area contributed by atoms with Gasteiger partial charge in [-0.05, 0) is 54.9 Å². The van der Waals surface area contributed by atoms with Gasteiger partial charge in [-0.1, -0.05) is 6.92 Å². The van der Waals surface area contributed by atoms with Crippen LogP contribution in [0.4, 0.5) is 0 Å². The molecule has 0 heterocycles. The summed E-state index contributed by atoms with van der Waals surface area (Å²) in [6.07, 6.45) is 2.66. The van der Waals surface area contributed by atoms with Crippen molar-refractivity contribution in [2.24, 2.45) is 0 Å². The SMILES string of the molecule is CC(C)O.CC(C)O.CCCOC(=O)/C=C(/C)O.CCOCC(=O)/C=C(/C)O.[Ti]. The van der Waals surface area contributed by atoms with Crippen LogP contribution in [0.15, 0.2) is 23.7 Å². The smallest absolute Gasteiger partial charge is 0.334 e. The first-order chi connectivity index (χ1) is 12.8. The predicted octanol–water partition coefficient (Wildman–Crippen LogP) is 3.23. The molecule has 0 aliphatic heterocycles. The number of carbonyl (C=O) groups is 2. The number of hydrogen-bond acceptors (Lipinski definition) is 8. The Labute approximate surface area is 190 Å². The Morgan fingerprint density at radius 2 is 1.28 bits per heavy atom. The molecular formula is C20H40O8Ti. The van der Waals surface area contributed by atoms with E-state index < -0.39 is 5.97 Å². The van der Waals surface area contributed by atoms with Gasteiger partial charge in [0, 0.05) is 46.6 Å². The Morgan fingerprint density at radius 3 is 1.55 bits per heavy atom. The van der Waals surface area contributed by atoms with E-state index in [-0.39, 0.29) is 57.8 Å². The van der Waals surface area contributed by atoms with Gasteiger partial charge in [-0.3, -0.25) is 4.79 Å². The molecule has 8 nitrogen and oxygen atoms in total. The Morgan fingerprint density at radius 1 is 0.897 bits per heavy atom. The van der Waals surface area contributed by atoms with E-state index in [1.54, 1.807) is 27.7 Å². The summed E-state index contributed by atoms with van der Waals surface area (Å²) in [5, 5.41) is 33.3. The molecule has 0 saturated heterocycles. The van der Waals surface area contributed by atoms with Gasteiger partial charge in [0.2, 0.25) is 0 Å². The number of aliphatic hydroxyl groups excluding tert-OH is 4. The minimum Gasteiger partial charge on any atom is -0.512 e. The summed E-state index contributed by atoms with van der Waals surface area (Å²) in [5.74, 6) is -0.700. The topological polar surface area (TPSA) is 134 Å². The first-order valence-corrected chi connectivity index (χ1v) is 9.17. The number of allylic oxidation sites excluding steroid dienone is 2. The van der Waals surface area contributed by atoms with Crippen molar-refractivity contribution >= 4 is 11.8 Å². The molecule has 9 heteroatoms. The van der Waals surface area contributed by atoms with Gasteiger partial charge in [0.15, 0.2) is 5.78 Å². The molecule has 0 aliphatic carbocycles.